The highest BCUT2D eigenvalue weighted by molar-refractivity contribution is 6.30. The Balaban J connectivity index is 1.70. The summed E-state index contributed by atoms with van der Waals surface area (Å²) in [6.07, 6.45) is -0.552. The summed E-state index contributed by atoms with van der Waals surface area (Å²) in [5.41, 5.74) is 1.47. The lowest BCUT2D eigenvalue weighted by Crippen LogP contribution is -2.53. The van der Waals surface area contributed by atoms with E-state index in [1.807, 2.05) is 0 Å². The van der Waals surface area contributed by atoms with E-state index >= 15 is 0 Å². The Labute approximate surface area is 184 Å². The molecule has 1 fully saturated rings. The SMILES string of the molecule is CNC(=O)C(Cc1ccc(Cl)cc1)NC(=O)[C@@H]1C[C@@H](O)CN1C(=O)Cc1cc(C)no1. The van der Waals surface area contributed by atoms with Crippen molar-refractivity contribution < 1.29 is 24.0 Å². The van der Waals surface area contributed by atoms with Crippen molar-refractivity contribution >= 4 is 29.3 Å². The smallest absolute Gasteiger partial charge is 0.243 e. The number of likely N-dealkylation sites (N-methyl/N-ethyl adjacent to an activating group) is 1. The van der Waals surface area contributed by atoms with Crippen molar-refractivity contribution in [2.75, 3.05) is 13.6 Å². The number of nitrogens with zero attached hydrogens (tertiary/aromatic N) is 2. The van der Waals surface area contributed by atoms with Gasteiger partial charge in [0.05, 0.1) is 18.2 Å². The van der Waals surface area contributed by atoms with Crippen molar-refractivity contribution in [2.24, 2.45) is 0 Å². The number of aliphatic hydroxyl groups is 1. The first kappa shape index (κ1) is 22.8. The molecule has 1 unspecified atom stereocenters. The number of aliphatic hydroxyl groups excluding tert-OH is 1. The highest BCUT2D eigenvalue weighted by Crippen LogP contribution is 2.20. The van der Waals surface area contributed by atoms with Crippen LogP contribution in [-0.4, -0.2) is 64.7 Å². The summed E-state index contributed by atoms with van der Waals surface area (Å²) >= 11 is 5.91. The molecule has 3 rings (SSSR count). The van der Waals surface area contributed by atoms with Crippen molar-refractivity contribution in [3.63, 3.8) is 0 Å². The van der Waals surface area contributed by atoms with E-state index in [1.54, 1.807) is 37.3 Å². The predicted octanol–water partition coefficient (Wildman–Crippen LogP) is 0.614. The van der Waals surface area contributed by atoms with Gasteiger partial charge in [-0.05, 0) is 24.6 Å². The number of hydrogen-bond donors (Lipinski definition) is 3. The number of hydrogen-bond acceptors (Lipinski definition) is 6. The number of rotatable bonds is 7. The number of benzene rings is 1. The molecular weight excluding hydrogens is 424 g/mol. The zero-order valence-electron chi connectivity index (χ0n) is 17.3. The van der Waals surface area contributed by atoms with Gasteiger partial charge in [0.1, 0.15) is 17.8 Å². The standard InChI is InChI=1S/C21H25ClN4O5/c1-12-7-16(31-25-12)10-19(28)26-11-15(27)9-18(26)21(30)24-17(20(29)23-2)8-13-3-5-14(22)6-4-13/h3-7,15,17-18,27H,8-11H2,1-2H3,(H,23,29)(H,24,30)/t15-,17?,18+/m1/s1. The van der Waals surface area contributed by atoms with Crippen LogP contribution in [-0.2, 0) is 27.2 Å². The van der Waals surface area contributed by atoms with Crippen molar-refractivity contribution in [2.45, 2.75) is 44.4 Å². The van der Waals surface area contributed by atoms with E-state index in [9.17, 15) is 19.5 Å². The lowest BCUT2D eigenvalue weighted by molar-refractivity contribution is -0.139. The zero-order chi connectivity index (χ0) is 22.5. The molecular formula is C21H25ClN4O5. The van der Waals surface area contributed by atoms with Crippen LogP contribution in [0, 0.1) is 6.92 Å². The lowest BCUT2D eigenvalue weighted by Gasteiger charge is -2.25. The minimum Gasteiger partial charge on any atom is -0.391 e. The quantitative estimate of drug-likeness (QED) is 0.570. The molecule has 166 valence electrons. The average molecular weight is 449 g/mol. The summed E-state index contributed by atoms with van der Waals surface area (Å²) in [7, 11) is 1.48. The highest BCUT2D eigenvalue weighted by atomic mass is 35.5. The summed E-state index contributed by atoms with van der Waals surface area (Å²) in [6.45, 7) is 1.78. The molecule has 1 aliphatic heterocycles. The highest BCUT2D eigenvalue weighted by Gasteiger charge is 2.40. The maximum atomic E-state index is 13.0. The van der Waals surface area contributed by atoms with Gasteiger partial charge in [-0.15, -0.1) is 0 Å². The second-order valence-corrected chi connectivity index (χ2v) is 8.01. The molecule has 10 heteroatoms. The Morgan fingerprint density at radius 1 is 1.32 bits per heavy atom. The number of aromatic nitrogens is 1. The van der Waals surface area contributed by atoms with Crippen LogP contribution < -0.4 is 10.6 Å². The van der Waals surface area contributed by atoms with E-state index < -0.39 is 24.1 Å². The van der Waals surface area contributed by atoms with Crippen molar-refractivity contribution in [1.29, 1.82) is 0 Å². The molecule has 1 aromatic carbocycles. The summed E-state index contributed by atoms with van der Waals surface area (Å²) in [4.78, 5) is 39.4. The van der Waals surface area contributed by atoms with Gasteiger partial charge in [-0.25, -0.2) is 0 Å². The normalized spacial score (nSPS) is 19.2. The van der Waals surface area contributed by atoms with Crippen LogP contribution in [0.1, 0.15) is 23.4 Å². The van der Waals surface area contributed by atoms with Crippen LogP contribution in [0.4, 0.5) is 0 Å². The Kier molecular flexibility index (Phi) is 7.29. The molecule has 1 aliphatic rings. The van der Waals surface area contributed by atoms with E-state index in [1.165, 1.54) is 11.9 Å². The number of carbonyl (C=O) groups is 3. The van der Waals surface area contributed by atoms with Crippen molar-refractivity contribution in [3.8, 4) is 0 Å². The fraction of sp³-hybridized carbons (Fsp3) is 0.429. The number of carbonyl (C=O) groups excluding carboxylic acids is 3. The summed E-state index contributed by atoms with van der Waals surface area (Å²) in [5, 5.41) is 19.7. The summed E-state index contributed by atoms with van der Waals surface area (Å²) in [6, 6.07) is 6.89. The van der Waals surface area contributed by atoms with Crippen LogP contribution in [0.2, 0.25) is 5.02 Å². The number of nitrogens with one attached hydrogen (secondary N) is 2. The molecule has 0 spiro atoms. The molecule has 31 heavy (non-hydrogen) atoms. The van der Waals surface area contributed by atoms with Crippen molar-refractivity contribution in [3.05, 3.63) is 52.4 Å². The van der Waals surface area contributed by atoms with Gasteiger partial charge in [-0.1, -0.05) is 28.9 Å². The van der Waals surface area contributed by atoms with Gasteiger partial charge in [0.15, 0.2) is 0 Å². The first-order valence-electron chi connectivity index (χ1n) is 9.93. The van der Waals surface area contributed by atoms with E-state index in [-0.39, 0.29) is 37.6 Å². The fourth-order valence-electron chi connectivity index (χ4n) is 3.60. The first-order valence-corrected chi connectivity index (χ1v) is 10.3. The Morgan fingerprint density at radius 3 is 2.65 bits per heavy atom. The molecule has 2 heterocycles. The minimum atomic E-state index is -0.885. The first-order chi connectivity index (χ1) is 14.8. The maximum absolute atomic E-state index is 13.0. The Hall–Kier alpha value is -2.91. The number of halogens is 1. The molecule has 0 saturated carbocycles. The van der Waals surface area contributed by atoms with Crippen molar-refractivity contribution in [1.82, 2.24) is 20.7 Å². The van der Waals surface area contributed by atoms with Crippen LogP contribution in [0.15, 0.2) is 34.9 Å². The van der Waals surface area contributed by atoms with Gasteiger partial charge in [-0.3, -0.25) is 14.4 Å². The van der Waals surface area contributed by atoms with Gasteiger partial charge >= 0.3 is 0 Å². The second kappa shape index (κ2) is 9.93. The molecule has 1 saturated heterocycles. The van der Waals surface area contributed by atoms with Crippen LogP contribution in [0.5, 0.6) is 0 Å². The van der Waals surface area contributed by atoms with Crippen LogP contribution in [0.3, 0.4) is 0 Å². The average Bonchev–Trinajstić information content (AvgIpc) is 3.33. The van der Waals surface area contributed by atoms with Gasteiger partial charge in [0, 0.05) is 37.5 Å². The fourth-order valence-corrected chi connectivity index (χ4v) is 3.72. The second-order valence-electron chi connectivity index (χ2n) is 7.57. The molecule has 3 amide bonds. The van der Waals surface area contributed by atoms with Crippen LogP contribution >= 0.6 is 11.6 Å². The minimum absolute atomic E-state index is 0.0336. The maximum Gasteiger partial charge on any atom is 0.243 e. The molecule has 0 radical (unpaired) electrons. The van der Waals surface area contributed by atoms with Crippen LogP contribution in [0.25, 0.3) is 0 Å². The van der Waals surface area contributed by atoms with E-state index in [4.69, 9.17) is 16.1 Å². The number of aryl methyl sites for hydroxylation is 1. The molecule has 0 aliphatic carbocycles. The number of amides is 3. The third-order valence-electron chi connectivity index (χ3n) is 5.14. The number of β-amino-alcohol motifs (C(OH)–C–C–N with tert-alkyl or cyclic N) is 1. The monoisotopic (exact) mass is 448 g/mol. The molecule has 1 aromatic heterocycles. The number of likely N-dealkylation sites (tertiary alicyclic amines) is 1. The Morgan fingerprint density at radius 2 is 2.03 bits per heavy atom. The van der Waals surface area contributed by atoms with E-state index in [2.05, 4.69) is 15.8 Å². The zero-order valence-corrected chi connectivity index (χ0v) is 18.1. The molecule has 0 bridgehead atoms. The summed E-state index contributed by atoms with van der Waals surface area (Å²) in [5.74, 6) is -0.839. The summed E-state index contributed by atoms with van der Waals surface area (Å²) < 4.78 is 5.08. The van der Waals surface area contributed by atoms with Gasteiger partial charge < -0.3 is 25.2 Å². The largest absolute Gasteiger partial charge is 0.391 e. The third kappa shape index (κ3) is 5.83. The molecule has 2 aromatic rings. The van der Waals surface area contributed by atoms with E-state index in [0.29, 0.717) is 16.5 Å². The van der Waals surface area contributed by atoms with E-state index in [0.717, 1.165) is 5.56 Å². The molecule has 3 atom stereocenters. The third-order valence-corrected chi connectivity index (χ3v) is 5.39. The topological polar surface area (TPSA) is 125 Å². The molecule has 9 nitrogen and oxygen atoms in total. The molecule has 3 N–H and O–H groups in total. The Bertz CT molecular complexity index is 946. The predicted molar refractivity (Wildman–Crippen MR) is 112 cm³/mol. The van der Waals surface area contributed by atoms with Gasteiger partial charge in [-0.2, -0.15) is 0 Å². The lowest BCUT2D eigenvalue weighted by atomic mass is 10.0. The van der Waals surface area contributed by atoms with Gasteiger partial charge in [0.2, 0.25) is 17.7 Å². The van der Waals surface area contributed by atoms with Gasteiger partial charge in [0.25, 0.3) is 0 Å².